The Balaban J connectivity index is 1.97. The maximum absolute atomic E-state index is 10.6. The van der Waals surface area contributed by atoms with E-state index in [1.165, 1.54) is 0 Å². The van der Waals surface area contributed by atoms with E-state index in [0.717, 1.165) is 43.0 Å². The van der Waals surface area contributed by atoms with Crippen molar-refractivity contribution in [2.45, 2.75) is 37.8 Å². The molecule has 0 saturated heterocycles. The minimum absolute atomic E-state index is 0.134. The lowest BCUT2D eigenvalue weighted by Crippen LogP contribution is -2.58. The van der Waals surface area contributed by atoms with Gasteiger partial charge in [0.25, 0.3) is 0 Å². The molecule has 1 aliphatic heterocycles. The van der Waals surface area contributed by atoms with E-state index < -0.39 is 5.66 Å². The van der Waals surface area contributed by atoms with E-state index in [4.69, 9.17) is 11.5 Å². The average Bonchev–Trinajstić information content (AvgIpc) is 2.57. The van der Waals surface area contributed by atoms with E-state index in [0.29, 0.717) is 5.69 Å². The molecule has 2 aliphatic rings. The predicted octanol–water partition coefficient (Wildman–Crippen LogP) is 2.05. The molecule has 2 aromatic rings. The molecule has 0 atom stereocenters. The molecule has 0 amide bonds. The van der Waals surface area contributed by atoms with Crippen LogP contribution in [0.2, 0.25) is 0 Å². The van der Waals surface area contributed by atoms with Gasteiger partial charge in [0.15, 0.2) is 0 Å². The first-order chi connectivity index (χ1) is 11.6. The lowest BCUT2D eigenvalue weighted by Gasteiger charge is -2.46. The summed E-state index contributed by atoms with van der Waals surface area (Å²) in [5, 5.41) is 11.4. The molecule has 1 saturated carbocycles. The van der Waals surface area contributed by atoms with Crippen molar-refractivity contribution in [1.82, 2.24) is 4.98 Å². The largest absolute Gasteiger partial charge is 0.506 e. The molecule has 5 N–H and O–H groups in total. The number of hydrogen-bond acceptors (Lipinski definition) is 7. The molecule has 0 bridgehead atoms. The monoisotopic (exact) mass is 324 g/mol. The molecule has 0 unspecified atom stereocenters. The van der Waals surface area contributed by atoms with Crippen molar-refractivity contribution in [3.63, 3.8) is 0 Å². The molecule has 2 heterocycles. The quantitative estimate of drug-likeness (QED) is 0.743. The number of benzene rings is 1. The normalized spacial score (nSPS) is 20.1. The number of nitrogens with two attached hydrogens (primary N) is 2. The number of nitrogens with zero attached hydrogens (tertiary/aromatic N) is 4. The second kappa shape index (κ2) is 5.36. The van der Waals surface area contributed by atoms with Gasteiger partial charge in [0.1, 0.15) is 11.4 Å². The number of rotatable bonds is 1. The van der Waals surface area contributed by atoms with Crippen LogP contribution in [0.25, 0.3) is 10.9 Å². The topological polar surface area (TPSA) is 113 Å². The molecule has 124 valence electrons. The number of aliphatic imine (C=N–C) groups is 2. The summed E-state index contributed by atoms with van der Waals surface area (Å²) in [6.45, 7) is 0. The fourth-order valence-corrected chi connectivity index (χ4v) is 3.81. The number of phenolic OH excluding ortho intramolecular Hbond substituents is 1. The Bertz CT molecular complexity index is 853. The highest BCUT2D eigenvalue weighted by atomic mass is 16.3. The summed E-state index contributed by atoms with van der Waals surface area (Å²) in [7, 11) is 0. The van der Waals surface area contributed by atoms with Crippen LogP contribution in [0.4, 0.5) is 5.69 Å². The van der Waals surface area contributed by atoms with E-state index >= 15 is 0 Å². The van der Waals surface area contributed by atoms with Crippen molar-refractivity contribution in [3.05, 3.63) is 30.5 Å². The van der Waals surface area contributed by atoms with Crippen LogP contribution in [0.5, 0.6) is 5.75 Å². The second-order valence-corrected chi connectivity index (χ2v) is 6.32. The van der Waals surface area contributed by atoms with Crippen LogP contribution in [0.1, 0.15) is 32.1 Å². The van der Waals surface area contributed by atoms with Gasteiger partial charge < -0.3 is 16.6 Å². The van der Waals surface area contributed by atoms with Gasteiger partial charge >= 0.3 is 0 Å². The zero-order chi connectivity index (χ0) is 16.7. The van der Waals surface area contributed by atoms with E-state index in [1.54, 1.807) is 18.3 Å². The Morgan fingerprint density at radius 1 is 1.08 bits per heavy atom. The van der Waals surface area contributed by atoms with Crippen LogP contribution in [-0.4, -0.2) is 27.7 Å². The van der Waals surface area contributed by atoms with Crippen LogP contribution in [0.15, 0.2) is 40.4 Å². The minimum Gasteiger partial charge on any atom is -0.506 e. The first-order valence-electron chi connectivity index (χ1n) is 8.17. The number of phenols is 1. The zero-order valence-electron chi connectivity index (χ0n) is 13.3. The summed E-state index contributed by atoms with van der Waals surface area (Å²) < 4.78 is 0. The fourth-order valence-electron chi connectivity index (χ4n) is 3.81. The molecule has 7 heteroatoms. The molecule has 1 fully saturated rings. The number of pyridine rings is 1. The molecule has 24 heavy (non-hydrogen) atoms. The maximum atomic E-state index is 10.6. The molecule has 1 aromatic carbocycles. The summed E-state index contributed by atoms with van der Waals surface area (Å²) >= 11 is 0. The molecule has 0 radical (unpaired) electrons. The molecule has 7 nitrogen and oxygen atoms in total. The van der Waals surface area contributed by atoms with E-state index in [1.807, 2.05) is 17.0 Å². The highest BCUT2D eigenvalue weighted by Crippen LogP contribution is 2.44. The zero-order valence-corrected chi connectivity index (χ0v) is 13.3. The Morgan fingerprint density at radius 2 is 1.88 bits per heavy atom. The fraction of sp³-hybridized carbons (Fsp3) is 0.353. The first kappa shape index (κ1) is 14.7. The lowest BCUT2D eigenvalue weighted by molar-refractivity contribution is 0.304. The van der Waals surface area contributed by atoms with Crippen molar-refractivity contribution in [2.24, 2.45) is 21.5 Å². The minimum atomic E-state index is -0.588. The number of guanidine groups is 2. The van der Waals surface area contributed by atoms with E-state index in [9.17, 15) is 5.11 Å². The predicted molar refractivity (Wildman–Crippen MR) is 94.9 cm³/mol. The number of anilines is 1. The van der Waals surface area contributed by atoms with Crippen LogP contribution in [-0.2, 0) is 0 Å². The summed E-state index contributed by atoms with van der Waals surface area (Å²) in [6, 6.07) is 7.18. The molecular weight excluding hydrogens is 304 g/mol. The van der Waals surface area contributed by atoms with Crippen molar-refractivity contribution in [2.75, 3.05) is 4.90 Å². The Labute approximate surface area is 139 Å². The van der Waals surface area contributed by atoms with Crippen molar-refractivity contribution in [1.29, 1.82) is 0 Å². The third-order valence-corrected chi connectivity index (χ3v) is 4.81. The van der Waals surface area contributed by atoms with Crippen LogP contribution in [0, 0.1) is 0 Å². The summed E-state index contributed by atoms with van der Waals surface area (Å²) in [5.74, 6) is 0.592. The lowest BCUT2D eigenvalue weighted by atomic mass is 9.87. The van der Waals surface area contributed by atoms with Gasteiger partial charge in [-0.2, -0.15) is 4.99 Å². The molecule has 1 aromatic heterocycles. The third-order valence-electron chi connectivity index (χ3n) is 4.81. The molecule has 4 rings (SSSR count). The van der Waals surface area contributed by atoms with Gasteiger partial charge in [-0.3, -0.25) is 9.88 Å². The molecular formula is C17H20N6O. The van der Waals surface area contributed by atoms with Crippen molar-refractivity contribution < 1.29 is 5.11 Å². The van der Waals surface area contributed by atoms with Crippen LogP contribution >= 0.6 is 0 Å². The SMILES string of the molecule is NC1=NC2(CCCCC2)N(c2c(O)ccc3ncccc23)C(N)=N1. The Hall–Kier alpha value is -2.83. The Kier molecular flexibility index (Phi) is 3.30. The maximum Gasteiger partial charge on any atom is 0.220 e. The van der Waals surface area contributed by atoms with Gasteiger partial charge in [-0.15, -0.1) is 0 Å². The summed E-state index contributed by atoms with van der Waals surface area (Å²) in [5.41, 5.74) is 12.9. The van der Waals surface area contributed by atoms with Gasteiger partial charge in [-0.05, 0) is 49.9 Å². The van der Waals surface area contributed by atoms with Crippen LogP contribution < -0.4 is 16.4 Å². The van der Waals surface area contributed by atoms with Crippen LogP contribution in [0.3, 0.4) is 0 Å². The highest BCUT2D eigenvalue weighted by molar-refractivity contribution is 6.11. The number of hydrogen-bond donors (Lipinski definition) is 3. The summed E-state index contributed by atoms with van der Waals surface area (Å²) in [4.78, 5) is 15.0. The highest BCUT2D eigenvalue weighted by Gasteiger charge is 2.44. The van der Waals surface area contributed by atoms with E-state index in [-0.39, 0.29) is 17.7 Å². The smallest absolute Gasteiger partial charge is 0.220 e. The van der Waals surface area contributed by atoms with Gasteiger partial charge in [0.2, 0.25) is 11.9 Å². The van der Waals surface area contributed by atoms with Gasteiger partial charge in [-0.1, -0.05) is 6.42 Å². The number of aromatic hydroxyl groups is 1. The van der Waals surface area contributed by atoms with Gasteiger partial charge in [0, 0.05) is 11.6 Å². The average molecular weight is 324 g/mol. The van der Waals surface area contributed by atoms with Crippen molar-refractivity contribution in [3.8, 4) is 5.75 Å². The van der Waals surface area contributed by atoms with Crippen molar-refractivity contribution >= 4 is 28.5 Å². The summed E-state index contributed by atoms with van der Waals surface area (Å²) in [6.07, 6.45) is 6.59. The number of fused-ring (bicyclic) bond motifs is 1. The molecule has 1 spiro atoms. The first-order valence-corrected chi connectivity index (χ1v) is 8.17. The second-order valence-electron chi connectivity index (χ2n) is 6.32. The van der Waals surface area contributed by atoms with Gasteiger partial charge in [-0.25, -0.2) is 4.99 Å². The van der Waals surface area contributed by atoms with Gasteiger partial charge in [0.05, 0.1) is 11.2 Å². The number of aromatic nitrogens is 1. The molecule has 1 aliphatic carbocycles. The standard InChI is InChI=1S/C17H20N6O/c18-15-21-16(19)23(17(22-15)8-2-1-3-9-17)14-11-5-4-10-20-12(11)6-7-13(14)24/h4-7,10,24H,1-3,8-9H2,(H4,18,19,21,22). The third kappa shape index (κ3) is 2.16. The van der Waals surface area contributed by atoms with E-state index in [2.05, 4.69) is 15.0 Å². The Morgan fingerprint density at radius 3 is 2.67 bits per heavy atom.